The highest BCUT2D eigenvalue weighted by atomic mass is 31.2. The molecule has 0 bridgehead atoms. The van der Waals surface area contributed by atoms with Crippen molar-refractivity contribution in [1.82, 2.24) is 14.7 Å². The van der Waals surface area contributed by atoms with Crippen molar-refractivity contribution >= 4 is 37.4 Å². The molecule has 1 aromatic carbocycles. The molecule has 0 N–H and O–H groups in total. The van der Waals surface area contributed by atoms with Crippen molar-refractivity contribution in [2.45, 2.75) is 183 Å². The maximum Gasteiger partial charge on any atom is 0.348 e. The van der Waals surface area contributed by atoms with Gasteiger partial charge in [-0.15, -0.1) is 0 Å². The van der Waals surface area contributed by atoms with Gasteiger partial charge in [0.05, 0.1) is 37.4 Å². The lowest BCUT2D eigenvalue weighted by Crippen LogP contribution is -2.49. The van der Waals surface area contributed by atoms with E-state index < -0.39 is 76.8 Å². The molecular weight excluding hydrogens is 845 g/mol. The molecule has 0 saturated heterocycles. The maximum atomic E-state index is 15.6. The molecule has 0 aliphatic rings. The highest BCUT2D eigenvalue weighted by Gasteiger charge is 2.46. The van der Waals surface area contributed by atoms with Gasteiger partial charge >= 0.3 is 37.4 Å². The van der Waals surface area contributed by atoms with Crippen molar-refractivity contribution in [3.05, 3.63) is 35.9 Å². The second kappa shape index (κ2) is 24.4. The van der Waals surface area contributed by atoms with Crippen molar-refractivity contribution in [2.24, 2.45) is 0 Å². The molecule has 64 heavy (non-hydrogen) atoms. The highest BCUT2D eigenvalue weighted by Crippen LogP contribution is 2.60. The predicted octanol–water partition coefficient (Wildman–Crippen LogP) is 7.93. The van der Waals surface area contributed by atoms with E-state index in [0.29, 0.717) is 0 Å². The van der Waals surface area contributed by atoms with Crippen LogP contribution in [0.15, 0.2) is 30.3 Å². The van der Waals surface area contributed by atoms with E-state index in [4.69, 9.17) is 32.7 Å². The number of ether oxygens (including phenoxy) is 5. The van der Waals surface area contributed by atoms with Gasteiger partial charge in [-0.25, -0.2) is 0 Å². The Bertz CT molecular complexity index is 1550. The average molecular weight is 928 g/mol. The van der Waals surface area contributed by atoms with E-state index in [-0.39, 0.29) is 71.8 Å². The lowest BCUT2D eigenvalue weighted by Gasteiger charge is -2.42. The Morgan fingerprint density at radius 3 is 1.11 bits per heavy atom. The quantitative estimate of drug-likeness (QED) is 0.0587. The third kappa shape index (κ3) is 28.5. The molecule has 368 valence electrons. The first-order chi connectivity index (χ1) is 28.8. The van der Waals surface area contributed by atoms with Gasteiger partial charge in [-0.1, -0.05) is 30.3 Å². The molecule has 1 rings (SSSR count). The summed E-state index contributed by atoms with van der Waals surface area (Å²) in [5.74, 6) is -4.03. The van der Waals surface area contributed by atoms with E-state index in [1.54, 1.807) is 139 Å². The van der Waals surface area contributed by atoms with Crippen LogP contribution in [0.3, 0.4) is 0 Å². The zero-order valence-corrected chi connectivity index (χ0v) is 43.2. The molecule has 0 spiro atoms. The molecule has 0 heterocycles. The zero-order valence-electron chi connectivity index (χ0n) is 42.3. The first-order valence-corrected chi connectivity index (χ1v) is 23.7. The van der Waals surface area contributed by atoms with Crippen LogP contribution in [-0.4, -0.2) is 136 Å². The first kappa shape index (κ1) is 58.6. The number of esters is 5. The van der Waals surface area contributed by atoms with Crippen LogP contribution < -0.4 is 0 Å². The summed E-state index contributed by atoms with van der Waals surface area (Å²) in [4.78, 5) is 71.6. The van der Waals surface area contributed by atoms with Gasteiger partial charge in [-0.05, 0) is 137 Å². The Balaban J connectivity index is 3.97. The molecule has 16 nitrogen and oxygen atoms in total. The second-order valence-electron chi connectivity index (χ2n) is 21.9. The molecule has 0 aliphatic carbocycles. The van der Waals surface area contributed by atoms with Crippen LogP contribution in [0.4, 0.5) is 0 Å². The fraction of sp³-hybridized carbons (Fsp3) is 0.766. The number of nitrogens with zero attached hydrogens (tertiary/aromatic N) is 3. The fourth-order valence-electron chi connectivity index (χ4n) is 6.10. The van der Waals surface area contributed by atoms with Crippen LogP contribution in [0.2, 0.25) is 0 Å². The largest absolute Gasteiger partial charge is 0.461 e. The Morgan fingerprint density at radius 1 is 0.484 bits per heavy atom. The Morgan fingerprint density at radius 2 is 0.812 bits per heavy atom. The smallest absolute Gasteiger partial charge is 0.348 e. The van der Waals surface area contributed by atoms with Crippen molar-refractivity contribution in [2.75, 3.05) is 52.4 Å². The Hall–Kier alpha value is -3.40. The van der Waals surface area contributed by atoms with Gasteiger partial charge in [0.2, 0.25) is 0 Å². The number of carbonyl (C=O) groups excluding carboxylic acids is 5. The molecule has 1 aromatic rings. The van der Waals surface area contributed by atoms with Gasteiger partial charge < -0.3 is 32.7 Å². The fourth-order valence-corrected chi connectivity index (χ4v) is 8.99. The van der Waals surface area contributed by atoms with E-state index in [9.17, 15) is 24.0 Å². The summed E-state index contributed by atoms with van der Waals surface area (Å²) in [7, 11) is -4.29. The lowest BCUT2D eigenvalue weighted by molar-refractivity contribution is -0.162. The van der Waals surface area contributed by atoms with E-state index in [0.717, 1.165) is 5.56 Å². The molecule has 1 unspecified atom stereocenters. The predicted molar refractivity (Wildman–Crippen MR) is 246 cm³/mol. The van der Waals surface area contributed by atoms with E-state index in [1.807, 2.05) is 30.3 Å². The van der Waals surface area contributed by atoms with Crippen LogP contribution in [0, 0.1) is 0 Å². The van der Waals surface area contributed by atoms with Gasteiger partial charge in [0.25, 0.3) is 0 Å². The van der Waals surface area contributed by atoms with Gasteiger partial charge in [0.15, 0.2) is 0 Å². The maximum absolute atomic E-state index is 15.6. The number of rotatable bonds is 23. The van der Waals surface area contributed by atoms with Gasteiger partial charge in [0, 0.05) is 32.6 Å². The van der Waals surface area contributed by atoms with Gasteiger partial charge in [0.1, 0.15) is 34.8 Å². The molecule has 17 heteroatoms. The number of benzene rings is 1. The number of hydrogen-bond acceptors (Lipinski definition) is 16. The Labute approximate surface area is 384 Å². The van der Waals surface area contributed by atoms with Gasteiger partial charge in [-0.3, -0.25) is 43.2 Å². The average Bonchev–Trinajstić information content (AvgIpc) is 3.03. The van der Waals surface area contributed by atoms with E-state index in [1.165, 1.54) is 0 Å². The van der Waals surface area contributed by atoms with Crippen molar-refractivity contribution in [1.29, 1.82) is 0 Å². The van der Waals surface area contributed by atoms with Crippen molar-refractivity contribution < 1.29 is 61.3 Å². The summed E-state index contributed by atoms with van der Waals surface area (Å²) in [5, 5.41) is 0. The summed E-state index contributed by atoms with van der Waals surface area (Å²) in [6.45, 7) is 30.3. The molecule has 0 saturated carbocycles. The molecule has 0 aromatic heterocycles. The van der Waals surface area contributed by atoms with E-state index >= 15 is 4.57 Å². The van der Waals surface area contributed by atoms with Crippen LogP contribution in [0.5, 0.6) is 0 Å². The minimum absolute atomic E-state index is 0.0209. The van der Waals surface area contributed by atoms with E-state index in [2.05, 4.69) is 0 Å². The molecule has 0 amide bonds. The molecule has 0 radical (unpaired) electrons. The molecular formula is C47H82N3O13P. The third-order valence-electron chi connectivity index (χ3n) is 7.94. The summed E-state index contributed by atoms with van der Waals surface area (Å²) in [6.07, 6.45) is -0.272. The monoisotopic (exact) mass is 928 g/mol. The van der Waals surface area contributed by atoms with Crippen LogP contribution in [-0.2, 0) is 67.9 Å². The minimum atomic E-state index is -4.29. The highest BCUT2D eigenvalue weighted by molar-refractivity contribution is 7.54. The lowest BCUT2D eigenvalue weighted by atomic mass is 10.2. The second-order valence-corrected chi connectivity index (χ2v) is 24.0. The molecule has 0 aliphatic heterocycles. The summed E-state index contributed by atoms with van der Waals surface area (Å²) >= 11 is 0. The van der Waals surface area contributed by atoms with Gasteiger partial charge in [-0.2, -0.15) is 0 Å². The SMILES string of the molecule is CC(C)(C)OC(=O)CN(CCN(CCN(CC(=O)OC(C)(C)C)CC(=O)OC(C)(C)C)C(CCC(=O)OCc1ccccc1)P(=O)(OC(C)(C)C)OC(C)(C)C)CC(=O)OC(C)(C)C. The number of hydrogen-bond donors (Lipinski definition) is 0. The van der Waals surface area contributed by atoms with Crippen LogP contribution >= 0.6 is 7.60 Å². The summed E-state index contributed by atoms with van der Waals surface area (Å²) < 4.78 is 56.7. The first-order valence-electron chi connectivity index (χ1n) is 22.1. The summed E-state index contributed by atoms with van der Waals surface area (Å²) in [5.41, 5.74) is -4.46. The normalized spacial score (nSPS) is 13.8. The number of carbonyl (C=O) groups is 5. The standard InChI is InChI=1S/C47H82N3O13P/c1-42(2,3)58-38(52)30-48(31-39(53)59-43(4,5)6)26-28-50(29-27-49(32-40(54)60-44(7,8)9)33-41(55)61-45(10,11)12)36(64(56,62-46(13,14)15)63-47(16,17)18)24-25-37(51)57-34-35-22-20-19-21-23-35/h19-23,36H,24-34H2,1-18H3. The molecule has 1 atom stereocenters. The van der Waals surface area contributed by atoms with Crippen molar-refractivity contribution in [3.63, 3.8) is 0 Å². The van der Waals surface area contributed by atoms with Crippen LogP contribution in [0.25, 0.3) is 0 Å². The minimum Gasteiger partial charge on any atom is -0.461 e. The Kier molecular flexibility index (Phi) is 22.3. The van der Waals surface area contributed by atoms with Crippen molar-refractivity contribution in [3.8, 4) is 0 Å². The zero-order chi connectivity index (χ0) is 49.5. The van der Waals surface area contributed by atoms with Crippen LogP contribution in [0.1, 0.15) is 143 Å². The summed E-state index contributed by atoms with van der Waals surface area (Å²) in [6, 6.07) is 9.20. The third-order valence-corrected chi connectivity index (χ3v) is 10.9. The topological polar surface area (TPSA) is 177 Å². The molecule has 0 fully saturated rings.